The minimum atomic E-state index is -3.31. The lowest BCUT2D eigenvalue weighted by atomic mass is 10.3. The monoisotopic (exact) mass is 312 g/mol. The fourth-order valence-corrected chi connectivity index (χ4v) is 4.25. The first-order valence-corrected chi connectivity index (χ1v) is 8.58. The van der Waals surface area contributed by atoms with Gasteiger partial charge in [-0.3, -0.25) is 4.79 Å². The van der Waals surface area contributed by atoms with Crippen LogP contribution < -0.4 is 11.1 Å². The van der Waals surface area contributed by atoms with Gasteiger partial charge in [-0.25, -0.2) is 8.42 Å². The lowest BCUT2D eigenvalue weighted by Crippen LogP contribution is -2.31. The van der Waals surface area contributed by atoms with E-state index in [9.17, 15) is 13.2 Å². The lowest BCUT2D eigenvalue weighted by molar-refractivity contribution is -0.115. The van der Waals surface area contributed by atoms with E-state index >= 15 is 0 Å². The largest absolute Gasteiger partial charge is 0.399 e. The van der Waals surface area contributed by atoms with Crippen LogP contribution in [0.3, 0.4) is 0 Å². The smallest absolute Gasteiger partial charge is 0.225 e. The summed E-state index contributed by atoms with van der Waals surface area (Å²) in [4.78, 5) is 11.8. The Bertz CT molecular complexity index is 598. The third-order valence-electron chi connectivity index (χ3n) is 3.58. The van der Waals surface area contributed by atoms with Gasteiger partial charge in [0.2, 0.25) is 5.91 Å². The van der Waals surface area contributed by atoms with Gasteiger partial charge in [-0.2, -0.15) is 0 Å². The maximum atomic E-state index is 12.2. The summed E-state index contributed by atoms with van der Waals surface area (Å²) in [7, 11) is -3.31. The summed E-state index contributed by atoms with van der Waals surface area (Å²) in [6.45, 7) is 2.21. The number of sulfone groups is 1. The van der Waals surface area contributed by atoms with Gasteiger partial charge in [-0.1, -0.05) is 0 Å². The number of nitrogen functional groups attached to an aromatic ring is 1. The number of hydrogen-bond acceptors (Lipinski definition) is 5. The van der Waals surface area contributed by atoms with Crippen molar-refractivity contribution in [1.29, 1.82) is 0 Å². The van der Waals surface area contributed by atoms with E-state index in [4.69, 9.17) is 10.5 Å². The first kappa shape index (κ1) is 15.8. The Morgan fingerprint density at radius 1 is 1.38 bits per heavy atom. The molecule has 1 aromatic rings. The van der Waals surface area contributed by atoms with Gasteiger partial charge in [0.05, 0.1) is 17.1 Å². The highest BCUT2D eigenvalue weighted by Crippen LogP contribution is 2.22. The fourth-order valence-electron chi connectivity index (χ4n) is 2.36. The molecule has 0 saturated carbocycles. The second kappa shape index (κ2) is 6.44. The Morgan fingerprint density at radius 3 is 2.62 bits per heavy atom. The molecule has 0 bridgehead atoms. The fraction of sp³-hybridized carbons (Fsp3) is 0.500. The lowest BCUT2D eigenvalue weighted by Gasteiger charge is -2.14. The van der Waals surface area contributed by atoms with E-state index in [2.05, 4.69) is 5.32 Å². The number of anilines is 2. The minimum Gasteiger partial charge on any atom is -0.399 e. The topological polar surface area (TPSA) is 98.5 Å². The molecule has 0 spiro atoms. The van der Waals surface area contributed by atoms with E-state index in [-0.39, 0.29) is 24.2 Å². The van der Waals surface area contributed by atoms with Crippen LogP contribution in [-0.4, -0.2) is 38.0 Å². The van der Waals surface area contributed by atoms with Crippen molar-refractivity contribution in [2.45, 2.75) is 31.1 Å². The van der Waals surface area contributed by atoms with Gasteiger partial charge in [0.15, 0.2) is 9.84 Å². The maximum absolute atomic E-state index is 12.2. The van der Waals surface area contributed by atoms with Gasteiger partial charge >= 0.3 is 0 Å². The molecule has 1 fully saturated rings. The first-order valence-electron chi connectivity index (χ1n) is 6.87. The Hall–Kier alpha value is -1.60. The zero-order valence-corrected chi connectivity index (χ0v) is 12.7. The Labute approximate surface area is 124 Å². The highest BCUT2D eigenvalue weighted by molar-refractivity contribution is 7.92. The number of carbonyl (C=O) groups is 1. The molecule has 2 rings (SSSR count). The van der Waals surface area contributed by atoms with Crippen LogP contribution in [0.2, 0.25) is 0 Å². The number of nitrogens with two attached hydrogens (primary N) is 1. The minimum absolute atomic E-state index is 0.0596. The van der Waals surface area contributed by atoms with Crippen LogP contribution in [0.4, 0.5) is 11.4 Å². The number of benzene rings is 1. The zero-order chi connectivity index (χ0) is 15.5. The average Bonchev–Trinajstić information content (AvgIpc) is 2.86. The van der Waals surface area contributed by atoms with Crippen molar-refractivity contribution < 1.29 is 17.9 Å². The molecule has 21 heavy (non-hydrogen) atoms. The van der Waals surface area contributed by atoms with E-state index in [1.54, 1.807) is 31.2 Å². The molecule has 6 nitrogen and oxygen atoms in total. The highest BCUT2D eigenvalue weighted by Gasteiger charge is 2.35. The second-order valence-corrected chi connectivity index (χ2v) is 7.53. The van der Waals surface area contributed by atoms with Crippen LogP contribution in [0.5, 0.6) is 0 Å². The average molecular weight is 312 g/mol. The summed E-state index contributed by atoms with van der Waals surface area (Å²) in [5.74, 6) is -0.485. The standard InChI is InChI=1S/C14H20N2O4S/c1-10-13(6-8-20-10)21(18,19)9-7-14(17)16-12-4-2-11(15)3-5-12/h2-5,10,13H,6-9,15H2,1H3,(H,16,17). The molecule has 1 aromatic carbocycles. The Balaban J connectivity index is 1.87. The number of amides is 1. The molecular formula is C14H20N2O4S. The summed E-state index contributed by atoms with van der Waals surface area (Å²) in [6.07, 6.45) is 0.147. The number of rotatable bonds is 5. The number of hydrogen-bond donors (Lipinski definition) is 2. The van der Waals surface area contributed by atoms with Crippen molar-refractivity contribution in [1.82, 2.24) is 0 Å². The van der Waals surface area contributed by atoms with Crippen molar-refractivity contribution in [3.05, 3.63) is 24.3 Å². The molecule has 1 aliphatic rings. The van der Waals surface area contributed by atoms with Crippen LogP contribution in [0.1, 0.15) is 19.8 Å². The molecule has 3 N–H and O–H groups in total. The molecule has 1 saturated heterocycles. The van der Waals surface area contributed by atoms with Crippen molar-refractivity contribution in [2.75, 3.05) is 23.4 Å². The van der Waals surface area contributed by atoms with Crippen molar-refractivity contribution in [3.8, 4) is 0 Å². The molecule has 0 aliphatic carbocycles. The Kier molecular flexibility index (Phi) is 4.84. The third kappa shape index (κ3) is 4.18. The molecule has 0 radical (unpaired) electrons. The van der Waals surface area contributed by atoms with Crippen LogP contribution in [-0.2, 0) is 19.4 Å². The summed E-state index contributed by atoms with van der Waals surface area (Å²) in [6, 6.07) is 6.69. The van der Waals surface area contributed by atoms with Crippen LogP contribution in [0.15, 0.2) is 24.3 Å². The highest BCUT2D eigenvalue weighted by atomic mass is 32.2. The summed E-state index contributed by atoms with van der Waals surface area (Å²) in [5.41, 5.74) is 6.76. The van der Waals surface area contributed by atoms with E-state index < -0.39 is 15.1 Å². The van der Waals surface area contributed by atoms with Crippen LogP contribution >= 0.6 is 0 Å². The zero-order valence-electron chi connectivity index (χ0n) is 11.9. The Morgan fingerprint density at radius 2 is 2.05 bits per heavy atom. The van der Waals surface area contributed by atoms with Gasteiger partial charge in [0, 0.05) is 24.4 Å². The molecule has 2 unspecified atom stereocenters. The summed E-state index contributed by atoms with van der Waals surface area (Å²) < 4.78 is 29.6. The molecule has 2 atom stereocenters. The number of carbonyl (C=O) groups excluding carboxylic acids is 1. The normalized spacial score (nSPS) is 22.1. The van der Waals surface area contributed by atoms with Gasteiger partial charge in [-0.15, -0.1) is 0 Å². The van der Waals surface area contributed by atoms with Gasteiger partial charge in [0.25, 0.3) is 0 Å². The number of nitrogens with one attached hydrogen (secondary N) is 1. The maximum Gasteiger partial charge on any atom is 0.225 e. The van der Waals surface area contributed by atoms with E-state index in [1.807, 2.05) is 0 Å². The van der Waals surface area contributed by atoms with E-state index in [0.717, 1.165) is 0 Å². The van der Waals surface area contributed by atoms with Crippen LogP contribution in [0.25, 0.3) is 0 Å². The molecule has 1 aliphatic heterocycles. The van der Waals surface area contributed by atoms with E-state index in [0.29, 0.717) is 24.4 Å². The summed E-state index contributed by atoms with van der Waals surface area (Å²) in [5, 5.41) is 2.16. The second-order valence-electron chi connectivity index (χ2n) is 5.19. The quantitative estimate of drug-likeness (QED) is 0.796. The first-order chi connectivity index (χ1) is 9.88. The van der Waals surface area contributed by atoms with Gasteiger partial charge < -0.3 is 15.8 Å². The third-order valence-corrected chi connectivity index (χ3v) is 5.89. The molecule has 116 valence electrons. The molecule has 1 amide bonds. The van der Waals surface area contributed by atoms with Gasteiger partial charge in [0.1, 0.15) is 0 Å². The molecule has 1 heterocycles. The summed E-state index contributed by atoms with van der Waals surface area (Å²) >= 11 is 0. The number of ether oxygens (including phenoxy) is 1. The van der Waals surface area contributed by atoms with Crippen molar-refractivity contribution >= 4 is 27.1 Å². The van der Waals surface area contributed by atoms with Crippen LogP contribution in [0, 0.1) is 0 Å². The van der Waals surface area contributed by atoms with Crippen molar-refractivity contribution in [2.24, 2.45) is 0 Å². The van der Waals surface area contributed by atoms with E-state index in [1.165, 1.54) is 0 Å². The van der Waals surface area contributed by atoms with Crippen molar-refractivity contribution in [3.63, 3.8) is 0 Å². The predicted molar refractivity (Wildman–Crippen MR) is 81.7 cm³/mol. The SMILES string of the molecule is CC1OCCC1S(=O)(=O)CCC(=O)Nc1ccc(N)cc1. The predicted octanol–water partition coefficient (Wildman–Crippen LogP) is 1.19. The van der Waals surface area contributed by atoms with Gasteiger partial charge in [-0.05, 0) is 37.6 Å². The molecular weight excluding hydrogens is 292 g/mol. The molecule has 7 heteroatoms. The molecule has 0 aromatic heterocycles.